The van der Waals surface area contributed by atoms with Crippen molar-refractivity contribution in [3.63, 3.8) is 0 Å². The number of halogens is 2. The monoisotopic (exact) mass is 678 g/mol. The van der Waals surface area contributed by atoms with Crippen LogP contribution in [0.25, 0.3) is 5.69 Å². The van der Waals surface area contributed by atoms with Gasteiger partial charge in [-0.3, -0.25) is 0 Å². The van der Waals surface area contributed by atoms with Crippen molar-refractivity contribution >= 4 is 34.6 Å². The van der Waals surface area contributed by atoms with Gasteiger partial charge in [0.1, 0.15) is 44.0 Å². The minimum absolute atomic E-state index is 0.0579. The van der Waals surface area contributed by atoms with Gasteiger partial charge in [0.25, 0.3) is 0 Å². The topological polar surface area (TPSA) is 122 Å². The SMILES string of the molecule is CCC(C)n1ncn(-c2ccc(NCCNc3ccc(OC[C@@H]4CO[C@@](Cn5cncn5)(c5ccc(Cl)cc5Cl)O4)cc3)cc2)c1=O. The maximum atomic E-state index is 12.7. The van der Waals surface area contributed by atoms with Crippen LogP contribution in [-0.2, 0) is 21.8 Å². The van der Waals surface area contributed by atoms with E-state index in [-0.39, 0.29) is 31.0 Å². The minimum atomic E-state index is -1.16. The molecule has 2 aromatic heterocycles. The number of aromatic nitrogens is 6. The molecule has 2 N–H and O–H groups in total. The molecule has 47 heavy (non-hydrogen) atoms. The van der Waals surface area contributed by atoms with Crippen LogP contribution < -0.4 is 21.1 Å². The van der Waals surface area contributed by atoms with Crippen molar-refractivity contribution < 1.29 is 14.2 Å². The first-order valence-corrected chi connectivity index (χ1v) is 16.2. The van der Waals surface area contributed by atoms with E-state index in [1.807, 2.05) is 62.4 Å². The van der Waals surface area contributed by atoms with Crippen molar-refractivity contribution in [3.05, 3.63) is 112 Å². The highest BCUT2D eigenvalue weighted by Crippen LogP contribution is 2.40. The lowest BCUT2D eigenvalue weighted by atomic mass is 10.1. The van der Waals surface area contributed by atoms with Crippen LogP contribution in [0.2, 0.25) is 10.0 Å². The third kappa shape index (κ3) is 7.62. The number of benzene rings is 3. The Morgan fingerprint density at radius 2 is 1.72 bits per heavy atom. The average Bonchev–Trinajstić information content (AvgIpc) is 3.84. The first-order chi connectivity index (χ1) is 22.8. The van der Waals surface area contributed by atoms with Gasteiger partial charge in [-0.05, 0) is 74.0 Å². The summed E-state index contributed by atoms with van der Waals surface area (Å²) in [5.41, 5.74) is 3.23. The smallest absolute Gasteiger partial charge is 0.350 e. The summed E-state index contributed by atoms with van der Waals surface area (Å²) in [5, 5.41) is 16.2. The fraction of sp³-hybridized carbons (Fsp3) is 0.333. The highest BCUT2D eigenvalue weighted by molar-refractivity contribution is 6.35. The molecule has 0 saturated carbocycles. The van der Waals surface area contributed by atoms with Gasteiger partial charge in [0, 0.05) is 35.1 Å². The van der Waals surface area contributed by atoms with Gasteiger partial charge in [-0.15, -0.1) is 0 Å². The second-order valence-corrected chi connectivity index (χ2v) is 12.1. The molecule has 0 amide bonds. The molecular weight excluding hydrogens is 643 g/mol. The van der Waals surface area contributed by atoms with E-state index in [9.17, 15) is 4.79 Å². The van der Waals surface area contributed by atoms with Crippen molar-refractivity contribution in [2.45, 2.75) is 44.7 Å². The van der Waals surface area contributed by atoms with Crippen LogP contribution in [0.3, 0.4) is 0 Å². The molecule has 12 nitrogen and oxygen atoms in total. The fourth-order valence-electron chi connectivity index (χ4n) is 5.26. The molecule has 0 aliphatic carbocycles. The van der Waals surface area contributed by atoms with Crippen LogP contribution in [-0.4, -0.2) is 61.5 Å². The molecule has 5 aromatic rings. The van der Waals surface area contributed by atoms with E-state index >= 15 is 0 Å². The van der Waals surface area contributed by atoms with Crippen molar-refractivity contribution in [1.82, 2.24) is 29.1 Å². The van der Waals surface area contributed by atoms with Gasteiger partial charge in [0.05, 0.1) is 23.4 Å². The maximum absolute atomic E-state index is 12.7. The molecule has 1 aliphatic rings. The van der Waals surface area contributed by atoms with E-state index < -0.39 is 5.79 Å². The largest absolute Gasteiger partial charge is 0.491 e. The summed E-state index contributed by atoms with van der Waals surface area (Å²) in [6, 6.07) is 20.8. The molecule has 1 saturated heterocycles. The first kappa shape index (κ1) is 32.6. The van der Waals surface area contributed by atoms with Crippen molar-refractivity contribution in [1.29, 1.82) is 0 Å². The Labute approximate surface area is 282 Å². The number of anilines is 2. The van der Waals surface area contributed by atoms with E-state index in [0.717, 1.165) is 23.5 Å². The molecule has 3 aromatic carbocycles. The van der Waals surface area contributed by atoms with E-state index in [0.29, 0.717) is 41.1 Å². The van der Waals surface area contributed by atoms with Gasteiger partial charge in [-0.25, -0.2) is 23.7 Å². The van der Waals surface area contributed by atoms with Crippen LogP contribution in [0, 0.1) is 0 Å². The summed E-state index contributed by atoms with van der Waals surface area (Å²) < 4.78 is 23.4. The van der Waals surface area contributed by atoms with Gasteiger partial charge in [0.15, 0.2) is 0 Å². The molecule has 1 unspecified atom stereocenters. The zero-order valence-corrected chi connectivity index (χ0v) is 27.6. The molecule has 14 heteroatoms. The van der Waals surface area contributed by atoms with Crippen LogP contribution in [0.4, 0.5) is 11.4 Å². The van der Waals surface area contributed by atoms with Crippen molar-refractivity contribution in [2.75, 3.05) is 36.9 Å². The zero-order valence-electron chi connectivity index (χ0n) is 26.1. The number of rotatable bonds is 14. The summed E-state index contributed by atoms with van der Waals surface area (Å²) >= 11 is 12.7. The summed E-state index contributed by atoms with van der Waals surface area (Å²) in [6.07, 6.45) is 5.12. The lowest BCUT2D eigenvalue weighted by molar-refractivity contribution is -0.190. The van der Waals surface area contributed by atoms with Crippen LogP contribution >= 0.6 is 23.2 Å². The molecule has 3 heterocycles. The first-order valence-electron chi connectivity index (χ1n) is 15.4. The van der Waals surface area contributed by atoms with Crippen molar-refractivity contribution in [3.8, 4) is 11.4 Å². The molecule has 1 fully saturated rings. The van der Waals surface area contributed by atoms with Gasteiger partial charge >= 0.3 is 5.69 Å². The lowest BCUT2D eigenvalue weighted by Crippen LogP contribution is -2.35. The third-order valence-electron chi connectivity index (χ3n) is 7.96. The molecule has 1 aliphatic heterocycles. The minimum Gasteiger partial charge on any atom is -0.491 e. The summed E-state index contributed by atoms with van der Waals surface area (Å²) in [5.74, 6) is -0.450. The summed E-state index contributed by atoms with van der Waals surface area (Å²) in [6.45, 7) is 6.29. The normalized spacial score (nSPS) is 18.3. The number of hydrogen-bond acceptors (Lipinski definition) is 9. The van der Waals surface area contributed by atoms with Crippen molar-refractivity contribution in [2.24, 2.45) is 0 Å². The molecular formula is C33H36Cl2N8O4. The van der Waals surface area contributed by atoms with Crippen LogP contribution in [0.15, 0.2) is 90.5 Å². The number of ether oxygens (including phenoxy) is 3. The molecule has 6 rings (SSSR count). The standard InChI is InChI=1S/C33H36Cl2N8O4/c1-3-23(2)43-32(44)42(22-40-43)27-9-5-25(6-10-27)37-14-15-38-26-7-11-28(12-8-26)45-17-29-18-46-33(47-29,19-41-21-36-20-39-41)30-13-4-24(34)16-31(30)35/h4-13,16,20-23,29,37-38H,3,14-15,17-19H2,1-2H3/t23?,29-,33-/m1/s1. The zero-order chi connectivity index (χ0) is 32.8. The Balaban J connectivity index is 0.967. The predicted octanol–water partition coefficient (Wildman–Crippen LogP) is 5.77. The Morgan fingerprint density at radius 1 is 1.00 bits per heavy atom. The fourth-order valence-corrected chi connectivity index (χ4v) is 5.82. The third-order valence-corrected chi connectivity index (χ3v) is 8.51. The van der Waals surface area contributed by atoms with Gasteiger partial charge in [0.2, 0.25) is 5.79 Å². The van der Waals surface area contributed by atoms with E-state index in [4.69, 9.17) is 37.4 Å². The lowest BCUT2D eigenvalue weighted by Gasteiger charge is -2.29. The Hall–Kier alpha value is -4.36. The number of hydrogen-bond donors (Lipinski definition) is 2. The van der Waals surface area contributed by atoms with E-state index in [2.05, 4.69) is 25.8 Å². The Morgan fingerprint density at radius 3 is 2.38 bits per heavy atom. The maximum Gasteiger partial charge on any atom is 0.350 e. The Bertz CT molecular complexity index is 1810. The number of nitrogens with zero attached hydrogens (tertiary/aromatic N) is 6. The van der Waals surface area contributed by atoms with Crippen LogP contribution in [0.5, 0.6) is 5.75 Å². The molecule has 0 spiro atoms. The van der Waals surface area contributed by atoms with E-state index in [1.165, 1.54) is 11.0 Å². The highest BCUT2D eigenvalue weighted by Gasteiger charge is 2.45. The van der Waals surface area contributed by atoms with Gasteiger partial charge in [-0.1, -0.05) is 36.2 Å². The summed E-state index contributed by atoms with van der Waals surface area (Å²) in [4.78, 5) is 16.7. The highest BCUT2D eigenvalue weighted by atomic mass is 35.5. The second-order valence-electron chi connectivity index (χ2n) is 11.2. The van der Waals surface area contributed by atoms with Gasteiger partial charge in [-0.2, -0.15) is 10.2 Å². The van der Waals surface area contributed by atoms with Gasteiger partial charge < -0.3 is 24.8 Å². The molecule has 0 bridgehead atoms. The average molecular weight is 680 g/mol. The molecule has 3 atom stereocenters. The molecule has 0 radical (unpaired) electrons. The predicted molar refractivity (Wildman–Crippen MR) is 181 cm³/mol. The molecule has 246 valence electrons. The number of nitrogens with one attached hydrogen (secondary N) is 2. The Kier molecular flexibility index (Phi) is 10.1. The quantitative estimate of drug-likeness (QED) is 0.141. The van der Waals surface area contributed by atoms with Crippen LogP contribution in [0.1, 0.15) is 31.9 Å². The van der Waals surface area contributed by atoms with E-state index in [1.54, 1.807) is 40.1 Å². The second kappa shape index (κ2) is 14.6. The summed E-state index contributed by atoms with van der Waals surface area (Å²) in [7, 11) is 0.